The number of thioether (sulfide) groups is 1. The first-order valence-corrected chi connectivity index (χ1v) is 11.9. The van der Waals surface area contributed by atoms with Gasteiger partial charge in [-0.15, -0.1) is 10.2 Å². The number of nitrogens with zero attached hydrogens (tertiary/aromatic N) is 7. The van der Waals surface area contributed by atoms with Gasteiger partial charge in [-0.25, -0.2) is 9.97 Å². The summed E-state index contributed by atoms with van der Waals surface area (Å²) < 4.78 is 7.42. The lowest BCUT2D eigenvalue weighted by Gasteiger charge is -2.35. The van der Waals surface area contributed by atoms with Crippen LogP contribution in [0.4, 0.5) is 5.82 Å². The van der Waals surface area contributed by atoms with Gasteiger partial charge in [0.1, 0.15) is 11.6 Å². The molecule has 4 heterocycles. The average Bonchev–Trinajstić information content (AvgIpc) is 3.46. The second-order valence-electron chi connectivity index (χ2n) is 8.06. The smallest absolute Gasteiger partial charge is 0.233 e. The van der Waals surface area contributed by atoms with Gasteiger partial charge in [-0.3, -0.25) is 9.36 Å². The highest BCUT2D eigenvalue weighted by atomic mass is 32.2. The first-order chi connectivity index (χ1) is 15.5. The van der Waals surface area contributed by atoms with Crippen LogP contribution in [0.1, 0.15) is 38.2 Å². The number of amides is 1. The van der Waals surface area contributed by atoms with E-state index in [0.29, 0.717) is 37.0 Å². The molecule has 0 atom stereocenters. The maximum Gasteiger partial charge on any atom is 0.233 e. The molecule has 10 heteroatoms. The number of furan rings is 1. The van der Waals surface area contributed by atoms with Gasteiger partial charge in [0.25, 0.3) is 0 Å². The van der Waals surface area contributed by atoms with E-state index in [0.717, 1.165) is 35.6 Å². The molecule has 1 aliphatic heterocycles. The summed E-state index contributed by atoms with van der Waals surface area (Å²) in [5, 5.41) is 9.24. The second kappa shape index (κ2) is 9.72. The molecule has 1 saturated heterocycles. The van der Waals surface area contributed by atoms with Gasteiger partial charge in [-0.1, -0.05) is 25.6 Å². The van der Waals surface area contributed by atoms with Crippen LogP contribution in [0.25, 0.3) is 11.6 Å². The fourth-order valence-electron chi connectivity index (χ4n) is 3.67. The van der Waals surface area contributed by atoms with Crippen molar-refractivity contribution in [3.05, 3.63) is 36.0 Å². The van der Waals surface area contributed by atoms with Gasteiger partial charge in [-0.2, -0.15) is 0 Å². The maximum atomic E-state index is 12.8. The summed E-state index contributed by atoms with van der Waals surface area (Å²) in [6, 6.07) is 5.71. The molecule has 0 N–H and O–H groups in total. The molecule has 0 unspecified atom stereocenters. The van der Waals surface area contributed by atoms with Gasteiger partial charge in [0.05, 0.1) is 12.0 Å². The van der Waals surface area contributed by atoms with E-state index in [1.807, 2.05) is 41.5 Å². The Morgan fingerprint density at radius 3 is 2.62 bits per heavy atom. The van der Waals surface area contributed by atoms with Crippen LogP contribution >= 0.6 is 11.8 Å². The van der Waals surface area contributed by atoms with Gasteiger partial charge in [0.2, 0.25) is 5.91 Å². The fraction of sp³-hybridized carbons (Fsp3) is 0.500. The number of anilines is 1. The molecule has 1 fully saturated rings. The summed E-state index contributed by atoms with van der Waals surface area (Å²) in [5.74, 6) is 3.90. The van der Waals surface area contributed by atoms with Crippen molar-refractivity contribution >= 4 is 23.5 Å². The van der Waals surface area contributed by atoms with E-state index in [2.05, 4.69) is 33.9 Å². The zero-order valence-corrected chi connectivity index (χ0v) is 19.8. The van der Waals surface area contributed by atoms with Crippen LogP contribution in [-0.4, -0.2) is 67.5 Å². The summed E-state index contributed by atoms with van der Waals surface area (Å²) >= 11 is 1.42. The zero-order valence-electron chi connectivity index (χ0n) is 19.0. The molecule has 3 aromatic rings. The molecule has 0 aliphatic carbocycles. The number of aromatic nitrogens is 5. The third-order valence-corrected chi connectivity index (χ3v) is 6.38. The molecular weight excluding hydrogens is 426 g/mol. The lowest BCUT2D eigenvalue weighted by Crippen LogP contribution is -2.49. The van der Waals surface area contributed by atoms with E-state index in [9.17, 15) is 4.79 Å². The van der Waals surface area contributed by atoms with Crippen LogP contribution in [0.3, 0.4) is 0 Å². The first-order valence-electron chi connectivity index (χ1n) is 10.9. The lowest BCUT2D eigenvalue weighted by molar-refractivity contribution is -0.128. The molecule has 32 heavy (non-hydrogen) atoms. The van der Waals surface area contributed by atoms with Crippen molar-refractivity contribution in [1.29, 1.82) is 0 Å². The minimum Gasteiger partial charge on any atom is -0.461 e. The average molecular weight is 456 g/mol. The predicted molar refractivity (Wildman–Crippen MR) is 124 cm³/mol. The van der Waals surface area contributed by atoms with Crippen molar-refractivity contribution in [3.8, 4) is 11.6 Å². The van der Waals surface area contributed by atoms with Crippen molar-refractivity contribution in [3.63, 3.8) is 0 Å². The number of hydrogen-bond donors (Lipinski definition) is 0. The van der Waals surface area contributed by atoms with Gasteiger partial charge >= 0.3 is 0 Å². The van der Waals surface area contributed by atoms with E-state index >= 15 is 0 Å². The van der Waals surface area contributed by atoms with Crippen LogP contribution < -0.4 is 4.90 Å². The maximum absolute atomic E-state index is 12.8. The molecule has 1 amide bonds. The van der Waals surface area contributed by atoms with Crippen LogP contribution in [0, 0.1) is 6.92 Å². The minimum absolute atomic E-state index is 0.113. The molecule has 9 nitrogen and oxygen atoms in total. The van der Waals surface area contributed by atoms with E-state index in [1.165, 1.54) is 11.8 Å². The van der Waals surface area contributed by atoms with Crippen molar-refractivity contribution in [2.45, 2.75) is 45.3 Å². The monoisotopic (exact) mass is 455 g/mol. The Labute approximate surface area is 192 Å². The van der Waals surface area contributed by atoms with Crippen LogP contribution in [0.5, 0.6) is 0 Å². The second-order valence-corrected chi connectivity index (χ2v) is 9.01. The highest BCUT2D eigenvalue weighted by Gasteiger charge is 2.24. The van der Waals surface area contributed by atoms with Gasteiger partial charge < -0.3 is 14.2 Å². The molecule has 4 rings (SSSR count). The molecule has 0 bridgehead atoms. The lowest BCUT2D eigenvalue weighted by atomic mass is 10.2. The topological polar surface area (TPSA) is 93.2 Å². The Balaban J connectivity index is 1.34. The Bertz CT molecular complexity index is 1060. The minimum atomic E-state index is 0.113. The molecule has 3 aromatic heterocycles. The molecule has 0 radical (unpaired) electrons. The van der Waals surface area contributed by atoms with Gasteiger partial charge in [0.15, 0.2) is 16.7 Å². The molecular formula is C22H29N7O2S. The number of aryl methyl sites for hydroxylation is 1. The Hall–Kier alpha value is -2.88. The van der Waals surface area contributed by atoms with Crippen molar-refractivity contribution < 1.29 is 9.21 Å². The molecule has 0 aromatic carbocycles. The van der Waals surface area contributed by atoms with E-state index in [-0.39, 0.29) is 11.8 Å². The number of piperazine rings is 1. The van der Waals surface area contributed by atoms with Crippen molar-refractivity contribution in [1.82, 2.24) is 29.6 Å². The quantitative estimate of drug-likeness (QED) is 0.502. The van der Waals surface area contributed by atoms with Gasteiger partial charge in [0, 0.05) is 50.4 Å². The number of carbonyl (C=O) groups is 1. The Morgan fingerprint density at radius 1 is 1.19 bits per heavy atom. The Kier molecular flexibility index (Phi) is 6.78. The molecule has 0 spiro atoms. The molecule has 170 valence electrons. The summed E-state index contributed by atoms with van der Waals surface area (Å²) in [6.45, 7) is 11.8. The third kappa shape index (κ3) is 4.79. The van der Waals surface area contributed by atoms with Crippen LogP contribution in [-0.2, 0) is 11.3 Å². The third-order valence-electron chi connectivity index (χ3n) is 5.43. The largest absolute Gasteiger partial charge is 0.461 e. The van der Waals surface area contributed by atoms with E-state index < -0.39 is 0 Å². The number of hydrogen-bond acceptors (Lipinski definition) is 8. The normalized spacial score (nSPS) is 14.4. The molecule has 0 saturated carbocycles. The van der Waals surface area contributed by atoms with Crippen molar-refractivity contribution in [2.75, 3.05) is 36.8 Å². The predicted octanol–water partition coefficient (Wildman–Crippen LogP) is 3.22. The highest BCUT2D eigenvalue weighted by Crippen LogP contribution is 2.25. The van der Waals surface area contributed by atoms with Gasteiger partial charge in [-0.05, 0) is 26.0 Å². The first kappa shape index (κ1) is 22.3. The van der Waals surface area contributed by atoms with Crippen LogP contribution in [0.15, 0.2) is 34.0 Å². The summed E-state index contributed by atoms with van der Waals surface area (Å²) in [6.07, 6.45) is 1.62. The van der Waals surface area contributed by atoms with Crippen LogP contribution in [0.2, 0.25) is 0 Å². The number of rotatable bonds is 7. The molecule has 1 aliphatic rings. The Morgan fingerprint density at radius 2 is 1.97 bits per heavy atom. The summed E-state index contributed by atoms with van der Waals surface area (Å²) in [4.78, 5) is 26.2. The SMILES string of the molecule is CCn1c(SCC(=O)N2CCN(c3cc(C)nc(C(C)C)n3)CC2)nnc1-c1ccco1. The highest BCUT2D eigenvalue weighted by molar-refractivity contribution is 7.99. The summed E-state index contributed by atoms with van der Waals surface area (Å²) in [7, 11) is 0. The zero-order chi connectivity index (χ0) is 22.7. The van der Waals surface area contributed by atoms with Crippen molar-refractivity contribution in [2.24, 2.45) is 0 Å². The van der Waals surface area contributed by atoms with E-state index in [4.69, 9.17) is 9.40 Å². The standard InChI is InChI=1S/C22H29N7O2S/c1-5-29-21(17-7-6-12-31-17)25-26-22(29)32-14-19(30)28-10-8-27(9-11-28)18-13-16(4)23-20(24-18)15(2)3/h6-7,12-13,15H,5,8-11,14H2,1-4H3. The number of carbonyl (C=O) groups excluding carboxylic acids is 1. The van der Waals surface area contributed by atoms with E-state index in [1.54, 1.807) is 6.26 Å². The fourth-order valence-corrected chi connectivity index (χ4v) is 4.57. The summed E-state index contributed by atoms with van der Waals surface area (Å²) in [5.41, 5.74) is 0.975.